The van der Waals surface area contributed by atoms with Crippen molar-refractivity contribution in [2.75, 3.05) is 13.2 Å². The highest BCUT2D eigenvalue weighted by Gasteiger charge is 2.36. The summed E-state index contributed by atoms with van der Waals surface area (Å²) in [5.41, 5.74) is 0. The number of aliphatic hydroxyl groups is 1. The fourth-order valence-electron chi connectivity index (χ4n) is 3.08. The molecule has 0 bridgehead atoms. The molecule has 1 saturated carbocycles. The predicted octanol–water partition coefficient (Wildman–Crippen LogP) is 1.65. The smallest absolute Gasteiger partial charge is 0.0695 e. The highest BCUT2D eigenvalue weighted by molar-refractivity contribution is 4.90. The monoisotopic (exact) mass is 227 g/mol. The van der Waals surface area contributed by atoms with Crippen molar-refractivity contribution in [2.24, 2.45) is 5.92 Å². The Morgan fingerprint density at radius 2 is 1.94 bits per heavy atom. The van der Waals surface area contributed by atoms with Gasteiger partial charge in [-0.2, -0.15) is 0 Å². The third-order valence-corrected chi connectivity index (χ3v) is 4.13. The summed E-state index contributed by atoms with van der Waals surface area (Å²) in [7, 11) is 0. The summed E-state index contributed by atoms with van der Waals surface area (Å²) >= 11 is 0. The van der Waals surface area contributed by atoms with Crippen LogP contribution in [0.5, 0.6) is 0 Å². The van der Waals surface area contributed by atoms with Gasteiger partial charge in [-0.25, -0.2) is 0 Å². The summed E-state index contributed by atoms with van der Waals surface area (Å²) in [6.45, 7) is 8.40. The number of ether oxygens (including phenoxy) is 1. The average molecular weight is 227 g/mol. The molecule has 16 heavy (non-hydrogen) atoms. The quantitative estimate of drug-likeness (QED) is 0.739. The first kappa shape index (κ1) is 12.3. The van der Waals surface area contributed by atoms with Gasteiger partial charge in [-0.1, -0.05) is 6.92 Å². The van der Waals surface area contributed by atoms with Gasteiger partial charge in [-0.3, -0.25) is 4.90 Å². The molecule has 1 saturated heterocycles. The van der Waals surface area contributed by atoms with Gasteiger partial charge in [-0.05, 0) is 39.0 Å². The third-order valence-electron chi connectivity index (χ3n) is 4.13. The van der Waals surface area contributed by atoms with Crippen LogP contribution in [0, 0.1) is 5.92 Å². The van der Waals surface area contributed by atoms with Gasteiger partial charge in [0.2, 0.25) is 0 Å². The van der Waals surface area contributed by atoms with Crippen LogP contribution in [0.3, 0.4) is 0 Å². The van der Waals surface area contributed by atoms with Gasteiger partial charge >= 0.3 is 0 Å². The molecule has 1 heterocycles. The topological polar surface area (TPSA) is 32.7 Å². The maximum absolute atomic E-state index is 10.2. The van der Waals surface area contributed by atoms with Crippen LogP contribution in [-0.4, -0.2) is 47.4 Å². The fraction of sp³-hybridized carbons (Fsp3) is 1.00. The summed E-state index contributed by atoms with van der Waals surface area (Å²) in [5.74, 6) is 0.749. The van der Waals surface area contributed by atoms with Crippen LogP contribution < -0.4 is 0 Å². The van der Waals surface area contributed by atoms with Gasteiger partial charge in [0.15, 0.2) is 0 Å². The molecule has 0 amide bonds. The molecule has 0 spiro atoms. The van der Waals surface area contributed by atoms with Crippen molar-refractivity contribution >= 4 is 0 Å². The van der Waals surface area contributed by atoms with Gasteiger partial charge in [-0.15, -0.1) is 0 Å². The lowest BCUT2D eigenvalue weighted by Gasteiger charge is -2.46. The van der Waals surface area contributed by atoms with E-state index in [0.29, 0.717) is 18.2 Å². The third kappa shape index (κ3) is 2.58. The predicted molar refractivity (Wildman–Crippen MR) is 64.4 cm³/mol. The normalized spacial score (nSPS) is 46.9. The molecule has 5 unspecified atom stereocenters. The van der Waals surface area contributed by atoms with Gasteiger partial charge in [0.05, 0.1) is 18.8 Å². The lowest BCUT2D eigenvalue weighted by molar-refractivity contribution is -0.0991. The molecular weight excluding hydrogens is 202 g/mol. The van der Waals surface area contributed by atoms with E-state index in [1.165, 1.54) is 6.42 Å². The Morgan fingerprint density at radius 3 is 2.69 bits per heavy atom. The fourth-order valence-corrected chi connectivity index (χ4v) is 3.08. The zero-order chi connectivity index (χ0) is 11.7. The largest absolute Gasteiger partial charge is 0.391 e. The first-order valence-electron chi connectivity index (χ1n) is 6.63. The van der Waals surface area contributed by atoms with Crippen LogP contribution in [0.1, 0.15) is 40.0 Å². The summed E-state index contributed by atoms with van der Waals surface area (Å²) in [6, 6.07) is 0.797. The molecule has 1 aliphatic heterocycles. The molecule has 0 radical (unpaired) electrons. The second-order valence-corrected chi connectivity index (χ2v) is 5.74. The maximum Gasteiger partial charge on any atom is 0.0695 e. The Morgan fingerprint density at radius 1 is 1.19 bits per heavy atom. The van der Waals surface area contributed by atoms with Crippen molar-refractivity contribution in [3.05, 3.63) is 0 Å². The molecule has 2 aliphatic rings. The molecule has 3 heteroatoms. The van der Waals surface area contributed by atoms with E-state index in [2.05, 4.69) is 25.7 Å². The van der Waals surface area contributed by atoms with Crippen LogP contribution in [0.15, 0.2) is 0 Å². The van der Waals surface area contributed by atoms with Crippen LogP contribution in [-0.2, 0) is 4.74 Å². The zero-order valence-corrected chi connectivity index (χ0v) is 10.7. The molecule has 3 nitrogen and oxygen atoms in total. The van der Waals surface area contributed by atoms with E-state index in [9.17, 15) is 5.11 Å². The van der Waals surface area contributed by atoms with E-state index in [4.69, 9.17) is 4.74 Å². The van der Waals surface area contributed by atoms with E-state index in [1.54, 1.807) is 0 Å². The zero-order valence-electron chi connectivity index (χ0n) is 10.7. The highest BCUT2D eigenvalue weighted by atomic mass is 16.5. The second kappa shape index (κ2) is 5.03. The number of aliphatic hydroxyl groups excluding tert-OH is 1. The molecule has 0 aromatic carbocycles. The van der Waals surface area contributed by atoms with Crippen molar-refractivity contribution in [3.63, 3.8) is 0 Å². The van der Waals surface area contributed by atoms with E-state index in [1.807, 2.05) is 0 Å². The van der Waals surface area contributed by atoms with Crippen molar-refractivity contribution < 1.29 is 9.84 Å². The van der Waals surface area contributed by atoms with Crippen molar-refractivity contribution in [2.45, 2.75) is 64.3 Å². The molecule has 0 aromatic rings. The Kier molecular flexibility index (Phi) is 3.88. The number of hydrogen-bond acceptors (Lipinski definition) is 3. The number of hydrogen-bond donors (Lipinski definition) is 1. The van der Waals surface area contributed by atoms with E-state index < -0.39 is 0 Å². The summed E-state index contributed by atoms with van der Waals surface area (Å²) in [4.78, 5) is 2.47. The molecule has 2 rings (SSSR count). The minimum atomic E-state index is -0.135. The maximum atomic E-state index is 10.2. The van der Waals surface area contributed by atoms with Gasteiger partial charge in [0.25, 0.3) is 0 Å². The van der Waals surface area contributed by atoms with Crippen LogP contribution in [0.2, 0.25) is 0 Å². The Hall–Kier alpha value is -0.120. The Bertz CT molecular complexity index is 210. The first-order valence-corrected chi connectivity index (χ1v) is 6.63. The first-order chi connectivity index (χ1) is 7.58. The Balaban J connectivity index is 2.02. The molecule has 0 aromatic heterocycles. The van der Waals surface area contributed by atoms with E-state index in [-0.39, 0.29) is 6.10 Å². The van der Waals surface area contributed by atoms with Gasteiger partial charge in [0.1, 0.15) is 0 Å². The summed E-state index contributed by atoms with van der Waals surface area (Å²) in [6.07, 6.45) is 3.44. The lowest BCUT2D eigenvalue weighted by Crippen LogP contribution is -2.57. The number of morpholine rings is 1. The second-order valence-electron chi connectivity index (χ2n) is 5.74. The van der Waals surface area contributed by atoms with Crippen molar-refractivity contribution in [1.29, 1.82) is 0 Å². The SMILES string of the molecule is CC1CCC(O)C(N2CC(C)OCC2C)C1. The van der Waals surface area contributed by atoms with Crippen molar-refractivity contribution in [1.82, 2.24) is 4.90 Å². The Labute approximate surface area is 98.8 Å². The molecule has 1 N–H and O–H groups in total. The number of nitrogens with zero attached hydrogens (tertiary/aromatic N) is 1. The van der Waals surface area contributed by atoms with E-state index >= 15 is 0 Å². The van der Waals surface area contributed by atoms with Gasteiger partial charge in [0, 0.05) is 18.6 Å². The number of rotatable bonds is 1. The molecule has 5 atom stereocenters. The summed E-state index contributed by atoms with van der Waals surface area (Å²) in [5, 5.41) is 10.2. The standard InChI is InChI=1S/C13H25NO2/c1-9-4-5-13(15)12(6-9)14-7-11(3)16-8-10(14)2/h9-13,15H,4-8H2,1-3H3. The molecular formula is C13H25NO2. The van der Waals surface area contributed by atoms with Crippen molar-refractivity contribution in [3.8, 4) is 0 Å². The minimum Gasteiger partial charge on any atom is -0.391 e. The minimum absolute atomic E-state index is 0.135. The molecule has 94 valence electrons. The highest BCUT2D eigenvalue weighted by Crippen LogP contribution is 2.30. The van der Waals surface area contributed by atoms with Gasteiger partial charge < -0.3 is 9.84 Å². The van der Waals surface area contributed by atoms with E-state index in [0.717, 1.165) is 31.9 Å². The van der Waals surface area contributed by atoms with Crippen LogP contribution in [0.4, 0.5) is 0 Å². The molecule has 2 fully saturated rings. The summed E-state index contributed by atoms with van der Waals surface area (Å²) < 4.78 is 5.65. The molecule has 1 aliphatic carbocycles. The average Bonchev–Trinajstić information content (AvgIpc) is 2.25. The van der Waals surface area contributed by atoms with Crippen LogP contribution >= 0.6 is 0 Å². The lowest BCUT2D eigenvalue weighted by atomic mass is 9.83. The van der Waals surface area contributed by atoms with Crippen LogP contribution in [0.25, 0.3) is 0 Å².